The summed E-state index contributed by atoms with van der Waals surface area (Å²) in [6.07, 6.45) is 2.47. The number of likely N-dealkylation sites (tertiary alicyclic amines) is 1. The zero-order valence-corrected chi connectivity index (χ0v) is 13.4. The molecule has 6 nitrogen and oxygen atoms in total. The second kappa shape index (κ2) is 6.91. The van der Waals surface area contributed by atoms with Crippen molar-refractivity contribution in [3.8, 4) is 11.4 Å². The molecular formula is C17H23N5O. The van der Waals surface area contributed by atoms with E-state index in [1.54, 1.807) is 0 Å². The highest BCUT2D eigenvalue weighted by Gasteiger charge is 2.27. The van der Waals surface area contributed by atoms with Crippen LogP contribution in [0.3, 0.4) is 0 Å². The van der Waals surface area contributed by atoms with E-state index in [-0.39, 0.29) is 11.9 Å². The standard InChI is InChI=1S/C17H23N5O/c1-2-14(18)17(23)22-10-8-13(9-11-22)16-19-15(20-21-16)12-6-4-3-5-7-12/h3-7,13-14H,2,8-11,18H2,1H3,(H,19,20,21)/t14-/m0/s1. The van der Waals surface area contributed by atoms with Crippen LogP contribution in [0.2, 0.25) is 0 Å². The van der Waals surface area contributed by atoms with Gasteiger partial charge in [-0.1, -0.05) is 37.3 Å². The highest BCUT2D eigenvalue weighted by Crippen LogP contribution is 2.27. The maximum absolute atomic E-state index is 12.1. The normalized spacial score (nSPS) is 17.2. The third kappa shape index (κ3) is 3.42. The van der Waals surface area contributed by atoms with Crippen LogP contribution in [0.5, 0.6) is 0 Å². The molecule has 0 spiro atoms. The molecule has 23 heavy (non-hydrogen) atoms. The largest absolute Gasteiger partial charge is 0.341 e. The van der Waals surface area contributed by atoms with Gasteiger partial charge in [0.1, 0.15) is 5.82 Å². The Morgan fingerprint density at radius 2 is 2.04 bits per heavy atom. The molecular weight excluding hydrogens is 290 g/mol. The maximum Gasteiger partial charge on any atom is 0.239 e. The van der Waals surface area contributed by atoms with Gasteiger partial charge in [-0.05, 0) is 19.3 Å². The number of piperidine rings is 1. The van der Waals surface area contributed by atoms with Gasteiger partial charge in [-0.15, -0.1) is 0 Å². The van der Waals surface area contributed by atoms with Crippen LogP contribution in [0.1, 0.15) is 37.9 Å². The number of nitrogens with two attached hydrogens (primary N) is 1. The molecule has 0 aliphatic carbocycles. The topological polar surface area (TPSA) is 87.9 Å². The number of H-pyrrole nitrogens is 1. The minimum atomic E-state index is -0.374. The zero-order chi connectivity index (χ0) is 16.2. The number of amides is 1. The lowest BCUT2D eigenvalue weighted by Crippen LogP contribution is -2.46. The number of hydrogen-bond acceptors (Lipinski definition) is 4. The number of rotatable bonds is 4. The fourth-order valence-electron chi connectivity index (χ4n) is 2.96. The third-order valence-corrected chi connectivity index (χ3v) is 4.49. The predicted octanol–water partition coefficient (Wildman–Crippen LogP) is 1.92. The molecule has 0 bridgehead atoms. The van der Waals surface area contributed by atoms with Crippen molar-refractivity contribution >= 4 is 5.91 Å². The average molecular weight is 313 g/mol. The molecule has 6 heteroatoms. The second-order valence-corrected chi connectivity index (χ2v) is 6.02. The number of carbonyl (C=O) groups excluding carboxylic acids is 1. The van der Waals surface area contributed by atoms with Gasteiger partial charge in [-0.3, -0.25) is 9.89 Å². The summed E-state index contributed by atoms with van der Waals surface area (Å²) in [7, 11) is 0. The van der Waals surface area contributed by atoms with E-state index in [1.807, 2.05) is 42.2 Å². The number of nitrogens with one attached hydrogen (secondary N) is 1. The lowest BCUT2D eigenvalue weighted by atomic mass is 9.95. The maximum atomic E-state index is 12.1. The van der Waals surface area contributed by atoms with E-state index in [9.17, 15) is 4.79 Å². The number of aromatic amines is 1. The first-order valence-electron chi connectivity index (χ1n) is 8.21. The third-order valence-electron chi connectivity index (χ3n) is 4.49. The molecule has 1 aromatic carbocycles. The van der Waals surface area contributed by atoms with Crippen LogP contribution >= 0.6 is 0 Å². The Bertz CT molecular complexity index is 646. The Labute approximate surface area is 136 Å². The molecule has 122 valence electrons. The minimum absolute atomic E-state index is 0.0634. The van der Waals surface area contributed by atoms with Gasteiger partial charge >= 0.3 is 0 Å². The van der Waals surface area contributed by atoms with Crippen LogP contribution < -0.4 is 5.73 Å². The summed E-state index contributed by atoms with van der Waals surface area (Å²) < 4.78 is 0. The van der Waals surface area contributed by atoms with Gasteiger partial charge in [-0.2, -0.15) is 5.10 Å². The summed E-state index contributed by atoms with van der Waals surface area (Å²) in [5, 5.41) is 7.38. The van der Waals surface area contributed by atoms with E-state index in [2.05, 4.69) is 15.2 Å². The highest BCUT2D eigenvalue weighted by atomic mass is 16.2. The molecule has 1 aromatic heterocycles. The van der Waals surface area contributed by atoms with E-state index < -0.39 is 0 Å². The molecule has 1 aliphatic rings. The molecule has 1 saturated heterocycles. The summed E-state index contributed by atoms with van der Waals surface area (Å²) in [4.78, 5) is 18.6. The van der Waals surface area contributed by atoms with Crippen LogP contribution in [0.4, 0.5) is 0 Å². The smallest absolute Gasteiger partial charge is 0.239 e. The molecule has 0 unspecified atom stereocenters. The van der Waals surface area contributed by atoms with Crippen molar-refractivity contribution < 1.29 is 4.79 Å². The first-order chi connectivity index (χ1) is 11.2. The fourth-order valence-corrected chi connectivity index (χ4v) is 2.96. The minimum Gasteiger partial charge on any atom is -0.341 e. The van der Waals surface area contributed by atoms with Gasteiger partial charge in [0.05, 0.1) is 6.04 Å². The Morgan fingerprint density at radius 1 is 1.35 bits per heavy atom. The van der Waals surface area contributed by atoms with Crippen molar-refractivity contribution in [2.24, 2.45) is 5.73 Å². The van der Waals surface area contributed by atoms with Crippen LogP contribution in [0.25, 0.3) is 11.4 Å². The molecule has 2 heterocycles. The van der Waals surface area contributed by atoms with Crippen molar-refractivity contribution in [1.82, 2.24) is 20.1 Å². The van der Waals surface area contributed by atoms with Gasteiger partial charge < -0.3 is 10.6 Å². The Kier molecular flexibility index (Phi) is 4.71. The quantitative estimate of drug-likeness (QED) is 0.902. The summed E-state index contributed by atoms with van der Waals surface area (Å²) in [6.45, 7) is 3.41. The van der Waals surface area contributed by atoms with Crippen LogP contribution in [-0.2, 0) is 4.79 Å². The van der Waals surface area contributed by atoms with E-state index in [4.69, 9.17) is 5.73 Å². The summed E-state index contributed by atoms with van der Waals surface area (Å²) >= 11 is 0. The molecule has 0 radical (unpaired) electrons. The molecule has 2 aromatic rings. The van der Waals surface area contributed by atoms with Gasteiger partial charge in [0.2, 0.25) is 5.91 Å². The van der Waals surface area contributed by atoms with Crippen molar-refractivity contribution in [3.05, 3.63) is 36.2 Å². The van der Waals surface area contributed by atoms with E-state index in [1.165, 1.54) is 0 Å². The van der Waals surface area contributed by atoms with E-state index in [0.29, 0.717) is 12.3 Å². The second-order valence-electron chi connectivity index (χ2n) is 6.02. The Balaban J connectivity index is 1.62. The molecule has 1 aliphatic heterocycles. The monoisotopic (exact) mass is 313 g/mol. The van der Waals surface area contributed by atoms with Crippen LogP contribution in [0, 0.1) is 0 Å². The lowest BCUT2D eigenvalue weighted by molar-refractivity contribution is -0.133. The molecule has 1 fully saturated rings. The summed E-state index contributed by atoms with van der Waals surface area (Å²) in [6, 6.07) is 9.56. The van der Waals surface area contributed by atoms with Gasteiger partial charge in [-0.25, -0.2) is 4.98 Å². The SMILES string of the molecule is CC[C@H](N)C(=O)N1CCC(c2nc(-c3ccccc3)n[nH]2)CC1. The fraction of sp³-hybridized carbons (Fsp3) is 0.471. The van der Waals surface area contributed by atoms with E-state index in [0.717, 1.165) is 43.1 Å². The average Bonchev–Trinajstić information content (AvgIpc) is 3.11. The number of benzene rings is 1. The van der Waals surface area contributed by atoms with Gasteiger partial charge in [0.25, 0.3) is 0 Å². The number of aromatic nitrogens is 3. The molecule has 1 amide bonds. The van der Waals surface area contributed by atoms with Gasteiger partial charge in [0, 0.05) is 24.6 Å². The number of carbonyl (C=O) groups is 1. The van der Waals surface area contributed by atoms with E-state index >= 15 is 0 Å². The predicted molar refractivity (Wildman–Crippen MR) is 88.6 cm³/mol. The highest BCUT2D eigenvalue weighted by molar-refractivity contribution is 5.81. The lowest BCUT2D eigenvalue weighted by Gasteiger charge is -2.32. The summed E-state index contributed by atoms with van der Waals surface area (Å²) in [5.41, 5.74) is 6.85. The molecule has 0 saturated carbocycles. The first-order valence-corrected chi connectivity index (χ1v) is 8.21. The van der Waals surface area contributed by atoms with Crippen molar-refractivity contribution in [1.29, 1.82) is 0 Å². The van der Waals surface area contributed by atoms with Crippen LogP contribution in [0.15, 0.2) is 30.3 Å². The zero-order valence-electron chi connectivity index (χ0n) is 13.4. The molecule has 3 N–H and O–H groups in total. The summed E-state index contributed by atoms with van der Waals surface area (Å²) in [5.74, 6) is 2.03. The molecule has 3 rings (SSSR count). The molecule has 1 atom stereocenters. The Morgan fingerprint density at radius 3 is 2.70 bits per heavy atom. The van der Waals surface area contributed by atoms with Gasteiger partial charge in [0.15, 0.2) is 5.82 Å². The number of nitrogens with zero attached hydrogens (tertiary/aromatic N) is 3. The first kappa shape index (κ1) is 15.7. The van der Waals surface area contributed by atoms with Crippen molar-refractivity contribution in [3.63, 3.8) is 0 Å². The Hall–Kier alpha value is -2.21. The number of hydrogen-bond donors (Lipinski definition) is 2. The van der Waals surface area contributed by atoms with Crippen molar-refractivity contribution in [2.75, 3.05) is 13.1 Å². The van der Waals surface area contributed by atoms with Crippen LogP contribution in [-0.4, -0.2) is 45.1 Å². The van der Waals surface area contributed by atoms with Crippen molar-refractivity contribution in [2.45, 2.75) is 38.1 Å².